The lowest BCUT2D eigenvalue weighted by atomic mass is 10.3. The molecule has 0 fully saturated rings. The van der Waals surface area contributed by atoms with Crippen molar-refractivity contribution in [1.29, 1.82) is 0 Å². The van der Waals surface area contributed by atoms with Crippen LogP contribution in [0.25, 0.3) is 0 Å². The quantitative estimate of drug-likeness (QED) is 0.769. The molecule has 2 N–H and O–H groups in total. The van der Waals surface area contributed by atoms with Crippen molar-refractivity contribution in [3.8, 4) is 5.75 Å². The molecule has 0 saturated carbocycles. The number of nitrogens with one attached hydrogen (secondary N) is 2. The average molecular weight is 215 g/mol. The number of hydrazine groups is 1. The van der Waals surface area contributed by atoms with Crippen LogP contribution < -0.4 is 15.6 Å². The fraction of sp³-hybridized carbons (Fsp3) is 0.0833. The highest BCUT2D eigenvalue weighted by Crippen LogP contribution is 2.15. The van der Waals surface area contributed by atoms with Gasteiger partial charge in [0.1, 0.15) is 5.75 Å². The van der Waals surface area contributed by atoms with Crippen molar-refractivity contribution in [1.82, 2.24) is 4.98 Å². The van der Waals surface area contributed by atoms with Crippen LogP contribution in [0.4, 0.5) is 11.4 Å². The number of pyridine rings is 1. The van der Waals surface area contributed by atoms with Crippen LogP contribution in [0.1, 0.15) is 0 Å². The van der Waals surface area contributed by atoms with Crippen molar-refractivity contribution in [2.45, 2.75) is 0 Å². The summed E-state index contributed by atoms with van der Waals surface area (Å²) in [6.07, 6.45) is 3.47. The first-order chi connectivity index (χ1) is 7.88. The molecule has 16 heavy (non-hydrogen) atoms. The topological polar surface area (TPSA) is 46.2 Å². The third-order valence-electron chi connectivity index (χ3n) is 2.12. The first kappa shape index (κ1) is 10.3. The number of nitrogens with zero attached hydrogens (tertiary/aromatic N) is 1. The summed E-state index contributed by atoms with van der Waals surface area (Å²) in [6, 6.07) is 11.4. The predicted molar refractivity (Wildman–Crippen MR) is 64.5 cm³/mol. The van der Waals surface area contributed by atoms with Crippen molar-refractivity contribution >= 4 is 11.4 Å². The number of methoxy groups -OCH3 is 1. The molecule has 4 nitrogen and oxygen atoms in total. The Hall–Kier alpha value is -2.23. The van der Waals surface area contributed by atoms with Gasteiger partial charge in [-0.05, 0) is 36.4 Å². The molecule has 0 amide bonds. The molecule has 0 aliphatic carbocycles. The van der Waals surface area contributed by atoms with Gasteiger partial charge in [0, 0.05) is 12.4 Å². The maximum Gasteiger partial charge on any atom is 0.119 e. The number of ether oxygens (including phenoxy) is 1. The minimum atomic E-state index is 0.842. The van der Waals surface area contributed by atoms with Crippen molar-refractivity contribution in [2.75, 3.05) is 18.0 Å². The number of hydrogen-bond acceptors (Lipinski definition) is 4. The Labute approximate surface area is 94.3 Å². The molecule has 0 atom stereocenters. The van der Waals surface area contributed by atoms with E-state index in [2.05, 4.69) is 15.8 Å². The summed E-state index contributed by atoms with van der Waals surface area (Å²) in [6.45, 7) is 0. The number of rotatable bonds is 4. The van der Waals surface area contributed by atoms with Crippen molar-refractivity contribution < 1.29 is 4.74 Å². The van der Waals surface area contributed by atoms with Crippen molar-refractivity contribution in [2.24, 2.45) is 0 Å². The highest BCUT2D eigenvalue weighted by molar-refractivity contribution is 5.52. The number of aromatic nitrogens is 1. The molecule has 0 aliphatic heterocycles. The van der Waals surface area contributed by atoms with Crippen LogP contribution in [0.5, 0.6) is 5.75 Å². The van der Waals surface area contributed by atoms with E-state index in [9.17, 15) is 0 Å². The summed E-state index contributed by atoms with van der Waals surface area (Å²) in [5, 5.41) is 0. The molecular weight excluding hydrogens is 202 g/mol. The molecule has 1 heterocycles. The zero-order chi connectivity index (χ0) is 11.2. The molecule has 1 aromatic carbocycles. The molecule has 2 rings (SSSR count). The smallest absolute Gasteiger partial charge is 0.119 e. The Morgan fingerprint density at radius 3 is 2.00 bits per heavy atom. The first-order valence-electron chi connectivity index (χ1n) is 4.94. The highest BCUT2D eigenvalue weighted by atomic mass is 16.5. The monoisotopic (exact) mass is 215 g/mol. The molecule has 0 bridgehead atoms. The van der Waals surface area contributed by atoms with Gasteiger partial charge < -0.3 is 15.6 Å². The van der Waals surface area contributed by atoms with E-state index in [0.29, 0.717) is 0 Å². The fourth-order valence-electron chi connectivity index (χ4n) is 1.25. The summed E-state index contributed by atoms with van der Waals surface area (Å²) < 4.78 is 5.08. The third-order valence-corrected chi connectivity index (χ3v) is 2.12. The lowest BCUT2D eigenvalue weighted by molar-refractivity contribution is 0.415. The average Bonchev–Trinajstić information content (AvgIpc) is 2.38. The van der Waals surface area contributed by atoms with Gasteiger partial charge in [0.15, 0.2) is 0 Å². The molecular formula is C12H13N3O. The molecule has 2 aromatic rings. The van der Waals surface area contributed by atoms with E-state index in [1.54, 1.807) is 19.5 Å². The summed E-state index contributed by atoms with van der Waals surface area (Å²) >= 11 is 0. The summed E-state index contributed by atoms with van der Waals surface area (Å²) in [4.78, 5) is 3.94. The SMILES string of the molecule is COc1ccc(NNc2ccncc2)cc1. The van der Waals surface area contributed by atoms with E-state index < -0.39 is 0 Å². The zero-order valence-corrected chi connectivity index (χ0v) is 8.97. The van der Waals surface area contributed by atoms with Crippen LogP contribution in [-0.2, 0) is 0 Å². The van der Waals surface area contributed by atoms with Crippen LogP contribution >= 0.6 is 0 Å². The van der Waals surface area contributed by atoms with Gasteiger partial charge in [0.2, 0.25) is 0 Å². The maximum absolute atomic E-state index is 5.08. The largest absolute Gasteiger partial charge is 0.497 e. The molecule has 0 saturated heterocycles. The first-order valence-corrected chi connectivity index (χ1v) is 4.94. The second-order valence-corrected chi connectivity index (χ2v) is 3.21. The van der Waals surface area contributed by atoms with Gasteiger partial charge in [-0.1, -0.05) is 0 Å². The van der Waals surface area contributed by atoms with Gasteiger partial charge in [-0.3, -0.25) is 4.98 Å². The summed E-state index contributed by atoms with van der Waals surface area (Å²) in [5.74, 6) is 0.842. The Kier molecular flexibility index (Phi) is 3.23. The van der Waals surface area contributed by atoms with Gasteiger partial charge in [-0.15, -0.1) is 0 Å². The van der Waals surface area contributed by atoms with E-state index in [4.69, 9.17) is 4.74 Å². The van der Waals surface area contributed by atoms with E-state index >= 15 is 0 Å². The number of hydrogen-bond donors (Lipinski definition) is 2. The van der Waals surface area contributed by atoms with Gasteiger partial charge in [0.25, 0.3) is 0 Å². The molecule has 0 aliphatic rings. The zero-order valence-electron chi connectivity index (χ0n) is 8.97. The highest BCUT2D eigenvalue weighted by Gasteiger charge is 1.93. The second kappa shape index (κ2) is 5.02. The Morgan fingerprint density at radius 1 is 0.875 bits per heavy atom. The molecule has 0 radical (unpaired) electrons. The van der Waals surface area contributed by atoms with Crippen molar-refractivity contribution in [3.63, 3.8) is 0 Å². The fourth-order valence-corrected chi connectivity index (χ4v) is 1.25. The summed E-state index contributed by atoms with van der Waals surface area (Å²) in [5.41, 5.74) is 8.08. The normalized spacial score (nSPS) is 9.56. The van der Waals surface area contributed by atoms with E-state index in [0.717, 1.165) is 17.1 Å². The van der Waals surface area contributed by atoms with Crippen LogP contribution in [0, 0.1) is 0 Å². The Balaban J connectivity index is 1.94. The maximum atomic E-state index is 5.08. The van der Waals surface area contributed by atoms with E-state index in [-0.39, 0.29) is 0 Å². The molecule has 0 unspecified atom stereocenters. The molecule has 0 spiro atoms. The second-order valence-electron chi connectivity index (χ2n) is 3.21. The number of benzene rings is 1. The minimum absolute atomic E-state index is 0.842. The Bertz CT molecular complexity index is 428. The lowest BCUT2D eigenvalue weighted by Crippen LogP contribution is -2.08. The third kappa shape index (κ3) is 2.63. The van der Waals surface area contributed by atoms with Crippen molar-refractivity contribution in [3.05, 3.63) is 48.8 Å². The van der Waals surface area contributed by atoms with Crippen LogP contribution in [0.3, 0.4) is 0 Å². The van der Waals surface area contributed by atoms with Gasteiger partial charge in [-0.25, -0.2) is 0 Å². The van der Waals surface area contributed by atoms with Crippen LogP contribution in [-0.4, -0.2) is 12.1 Å². The standard InChI is InChI=1S/C12H13N3O/c1-16-12-4-2-10(3-5-12)14-15-11-6-8-13-9-7-11/h2-9,14H,1H3,(H,13,15). The Morgan fingerprint density at radius 2 is 1.44 bits per heavy atom. The minimum Gasteiger partial charge on any atom is -0.497 e. The van der Waals surface area contributed by atoms with Gasteiger partial charge >= 0.3 is 0 Å². The van der Waals surface area contributed by atoms with Crippen LogP contribution in [0.15, 0.2) is 48.8 Å². The van der Waals surface area contributed by atoms with E-state index in [1.165, 1.54) is 0 Å². The predicted octanol–water partition coefficient (Wildman–Crippen LogP) is 2.53. The molecule has 1 aromatic heterocycles. The molecule has 4 heteroatoms. The summed E-state index contributed by atoms with van der Waals surface area (Å²) in [7, 11) is 1.65. The van der Waals surface area contributed by atoms with Gasteiger partial charge in [-0.2, -0.15) is 0 Å². The molecule has 82 valence electrons. The van der Waals surface area contributed by atoms with Gasteiger partial charge in [0.05, 0.1) is 18.5 Å². The lowest BCUT2D eigenvalue weighted by Gasteiger charge is -2.09. The number of anilines is 2. The van der Waals surface area contributed by atoms with Crippen LogP contribution in [0.2, 0.25) is 0 Å². The van der Waals surface area contributed by atoms with E-state index in [1.807, 2.05) is 36.4 Å².